The Hall–Kier alpha value is -2.55. The molecule has 0 radical (unpaired) electrons. The summed E-state index contributed by atoms with van der Waals surface area (Å²) < 4.78 is 32.4. The Morgan fingerprint density at radius 3 is 2.29 bits per heavy atom. The zero-order valence-corrected chi connectivity index (χ0v) is 19.7. The van der Waals surface area contributed by atoms with Crippen molar-refractivity contribution >= 4 is 54.8 Å². The molecule has 162 valence electrons. The maximum atomic E-state index is 12.3. The van der Waals surface area contributed by atoms with Crippen LogP contribution in [0.3, 0.4) is 0 Å². The van der Waals surface area contributed by atoms with Crippen LogP contribution in [0.2, 0.25) is 5.02 Å². The summed E-state index contributed by atoms with van der Waals surface area (Å²) in [5.74, 6) is 0.142. The molecule has 0 aliphatic heterocycles. The molecular formula is C22H20BrClN2O4S. The average Bonchev–Trinajstić information content (AvgIpc) is 2.73. The summed E-state index contributed by atoms with van der Waals surface area (Å²) >= 11 is 9.52. The molecule has 0 aliphatic rings. The van der Waals surface area contributed by atoms with Crippen molar-refractivity contribution in [3.63, 3.8) is 0 Å². The highest BCUT2D eigenvalue weighted by atomic mass is 79.9. The second-order valence-electron chi connectivity index (χ2n) is 6.70. The zero-order valence-electron chi connectivity index (χ0n) is 16.6. The Morgan fingerprint density at radius 2 is 1.68 bits per heavy atom. The van der Waals surface area contributed by atoms with Crippen LogP contribution in [-0.2, 0) is 21.4 Å². The van der Waals surface area contributed by atoms with Gasteiger partial charge in [-0.15, -0.1) is 0 Å². The van der Waals surface area contributed by atoms with Gasteiger partial charge in [0.15, 0.2) is 6.61 Å². The maximum absolute atomic E-state index is 12.3. The molecule has 0 saturated carbocycles. The van der Waals surface area contributed by atoms with Gasteiger partial charge in [-0.2, -0.15) is 0 Å². The molecule has 0 saturated heterocycles. The topological polar surface area (TPSA) is 75.7 Å². The second kappa shape index (κ2) is 10.2. The van der Waals surface area contributed by atoms with Gasteiger partial charge in [0.05, 0.1) is 18.5 Å². The summed E-state index contributed by atoms with van der Waals surface area (Å²) in [4.78, 5) is 12.1. The van der Waals surface area contributed by atoms with E-state index < -0.39 is 10.0 Å². The van der Waals surface area contributed by atoms with Crippen LogP contribution in [0.5, 0.6) is 5.75 Å². The molecule has 1 amide bonds. The highest BCUT2D eigenvalue weighted by Crippen LogP contribution is 2.26. The lowest BCUT2D eigenvalue weighted by atomic mass is 10.2. The fourth-order valence-electron chi connectivity index (χ4n) is 2.77. The summed E-state index contributed by atoms with van der Waals surface area (Å²) in [7, 11) is -3.54. The number of benzene rings is 3. The van der Waals surface area contributed by atoms with Crippen molar-refractivity contribution in [2.45, 2.75) is 6.54 Å². The third kappa shape index (κ3) is 6.72. The number of halogens is 2. The molecule has 31 heavy (non-hydrogen) atoms. The van der Waals surface area contributed by atoms with Crippen molar-refractivity contribution in [2.24, 2.45) is 0 Å². The van der Waals surface area contributed by atoms with Gasteiger partial charge in [0.25, 0.3) is 5.91 Å². The van der Waals surface area contributed by atoms with E-state index in [-0.39, 0.29) is 19.1 Å². The highest BCUT2D eigenvalue weighted by molar-refractivity contribution is 9.10. The van der Waals surface area contributed by atoms with E-state index in [1.807, 2.05) is 12.1 Å². The Kier molecular flexibility index (Phi) is 7.59. The van der Waals surface area contributed by atoms with Crippen molar-refractivity contribution < 1.29 is 17.9 Å². The quantitative estimate of drug-likeness (QED) is 0.446. The first-order valence-electron chi connectivity index (χ1n) is 9.22. The van der Waals surface area contributed by atoms with Crippen LogP contribution in [0.25, 0.3) is 0 Å². The van der Waals surface area contributed by atoms with Crippen molar-refractivity contribution in [1.82, 2.24) is 0 Å². The summed E-state index contributed by atoms with van der Waals surface area (Å²) in [6.45, 7) is -0.0703. The second-order valence-corrected chi connectivity index (χ2v) is 9.93. The van der Waals surface area contributed by atoms with Gasteiger partial charge in [-0.25, -0.2) is 8.42 Å². The van der Waals surface area contributed by atoms with Gasteiger partial charge in [0, 0.05) is 15.2 Å². The van der Waals surface area contributed by atoms with Crippen LogP contribution in [0.15, 0.2) is 77.3 Å². The maximum Gasteiger partial charge on any atom is 0.262 e. The minimum atomic E-state index is -3.54. The van der Waals surface area contributed by atoms with E-state index in [1.54, 1.807) is 60.7 Å². The summed E-state index contributed by atoms with van der Waals surface area (Å²) in [6.07, 6.45) is 1.14. The molecular weight excluding hydrogens is 504 g/mol. The van der Waals surface area contributed by atoms with Crippen molar-refractivity contribution in [3.8, 4) is 5.75 Å². The van der Waals surface area contributed by atoms with Crippen LogP contribution in [-0.4, -0.2) is 27.2 Å². The highest BCUT2D eigenvalue weighted by Gasteiger charge is 2.19. The normalized spacial score (nSPS) is 11.1. The first-order chi connectivity index (χ1) is 14.7. The first kappa shape index (κ1) is 23.1. The fraction of sp³-hybridized carbons (Fsp3) is 0.136. The summed E-state index contributed by atoms with van der Waals surface area (Å²) in [5.41, 5.74) is 1.82. The molecule has 3 rings (SSSR count). The van der Waals surface area contributed by atoms with Crippen LogP contribution >= 0.6 is 27.5 Å². The fourth-order valence-corrected chi connectivity index (χ4v) is 4.11. The summed E-state index contributed by atoms with van der Waals surface area (Å²) in [6, 6.07) is 20.8. The van der Waals surface area contributed by atoms with Gasteiger partial charge < -0.3 is 10.1 Å². The smallest absolute Gasteiger partial charge is 0.262 e. The lowest BCUT2D eigenvalue weighted by Crippen LogP contribution is -2.29. The Labute approximate surface area is 195 Å². The number of carbonyl (C=O) groups excluding carboxylic acids is 1. The van der Waals surface area contributed by atoms with Crippen LogP contribution in [0.4, 0.5) is 11.4 Å². The van der Waals surface area contributed by atoms with Crippen molar-refractivity contribution in [3.05, 3.63) is 87.9 Å². The van der Waals surface area contributed by atoms with Gasteiger partial charge in [0.2, 0.25) is 10.0 Å². The standard InChI is InChI=1S/C22H20BrClN2O4S/c1-31(28,29)26(14-16-4-2-3-5-21(16)24)19-10-12-20(13-11-19)30-15-22(27)25-18-8-6-17(23)7-9-18/h2-13H,14-15H2,1H3,(H,25,27). The first-order valence-corrected chi connectivity index (χ1v) is 12.2. The number of anilines is 2. The van der Waals surface area contributed by atoms with Gasteiger partial charge in [-0.05, 0) is 60.2 Å². The van der Waals surface area contributed by atoms with E-state index in [0.717, 1.165) is 10.7 Å². The number of carbonyl (C=O) groups is 1. The van der Waals surface area contributed by atoms with E-state index in [2.05, 4.69) is 21.2 Å². The molecule has 0 aliphatic carbocycles. The van der Waals surface area contributed by atoms with E-state index in [1.165, 1.54) is 4.31 Å². The number of hydrogen-bond donors (Lipinski definition) is 1. The lowest BCUT2D eigenvalue weighted by molar-refractivity contribution is -0.118. The van der Waals surface area contributed by atoms with E-state index in [9.17, 15) is 13.2 Å². The number of rotatable bonds is 8. The van der Waals surface area contributed by atoms with Gasteiger partial charge in [-0.1, -0.05) is 45.7 Å². The molecule has 0 atom stereocenters. The number of ether oxygens (including phenoxy) is 1. The van der Waals surface area contributed by atoms with E-state index >= 15 is 0 Å². The third-order valence-corrected chi connectivity index (χ3v) is 6.33. The van der Waals surface area contributed by atoms with Crippen LogP contribution < -0.4 is 14.4 Å². The van der Waals surface area contributed by atoms with Gasteiger partial charge in [-0.3, -0.25) is 9.10 Å². The number of hydrogen-bond acceptors (Lipinski definition) is 4. The molecule has 3 aromatic carbocycles. The molecule has 0 bridgehead atoms. The van der Waals surface area contributed by atoms with Crippen molar-refractivity contribution in [2.75, 3.05) is 22.5 Å². The van der Waals surface area contributed by atoms with Gasteiger partial charge in [0.1, 0.15) is 5.75 Å². The monoisotopic (exact) mass is 522 g/mol. The largest absolute Gasteiger partial charge is 0.484 e. The molecule has 6 nitrogen and oxygen atoms in total. The number of sulfonamides is 1. The number of nitrogens with one attached hydrogen (secondary N) is 1. The number of amides is 1. The molecule has 9 heteroatoms. The van der Waals surface area contributed by atoms with Crippen LogP contribution in [0, 0.1) is 0 Å². The Balaban J connectivity index is 1.65. The Morgan fingerprint density at radius 1 is 1.03 bits per heavy atom. The third-order valence-electron chi connectivity index (χ3n) is 4.29. The molecule has 0 heterocycles. The average molecular weight is 524 g/mol. The predicted octanol–water partition coefficient (Wildman–Crippen LogP) is 5.09. The molecule has 0 unspecified atom stereocenters. The predicted molar refractivity (Wildman–Crippen MR) is 127 cm³/mol. The van der Waals surface area contributed by atoms with E-state index in [0.29, 0.717) is 27.7 Å². The lowest BCUT2D eigenvalue weighted by Gasteiger charge is -2.23. The molecule has 0 aromatic heterocycles. The van der Waals surface area contributed by atoms with Gasteiger partial charge >= 0.3 is 0 Å². The number of nitrogens with zero attached hydrogens (tertiary/aromatic N) is 1. The van der Waals surface area contributed by atoms with E-state index in [4.69, 9.17) is 16.3 Å². The minimum absolute atomic E-state index is 0.105. The molecule has 1 N–H and O–H groups in total. The summed E-state index contributed by atoms with van der Waals surface area (Å²) in [5, 5.41) is 3.23. The SMILES string of the molecule is CS(=O)(=O)N(Cc1ccccc1Cl)c1ccc(OCC(=O)Nc2ccc(Br)cc2)cc1. The Bertz CT molecular complexity index is 1150. The molecule has 3 aromatic rings. The minimum Gasteiger partial charge on any atom is -0.484 e. The molecule has 0 spiro atoms. The zero-order chi connectivity index (χ0) is 22.4. The molecule has 0 fully saturated rings. The van der Waals surface area contributed by atoms with Crippen LogP contribution in [0.1, 0.15) is 5.56 Å². The van der Waals surface area contributed by atoms with Crippen molar-refractivity contribution in [1.29, 1.82) is 0 Å².